The van der Waals surface area contributed by atoms with Crippen LogP contribution in [0.15, 0.2) is 18.2 Å². The molecule has 1 aliphatic rings. The fourth-order valence-electron chi connectivity index (χ4n) is 2.56. The van der Waals surface area contributed by atoms with E-state index in [-0.39, 0.29) is 0 Å². The van der Waals surface area contributed by atoms with Crippen LogP contribution in [0.5, 0.6) is 0 Å². The molecular formula is C15H25N3O. The maximum Gasteiger partial charge on any atom is 0.126 e. The van der Waals surface area contributed by atoms with E-state index >= 15 is 0 Å². The summed E-state index contributed by atoms with van der Waals surface area (Å²) in [6, 6.07) is 6.21. The molecule has 106 valence electrons. The summed E-state index contributed by atoms with van der Waals surface area (Å²) in [6.45, 7) is 10.3. The smallest absolute Gasteiger partial charge is 0.126 e. The minimum atomic E-state index is 0.310. The number of morpholine rings is 1. The summed E-state index contributed by atoms with van der Waals surface area (Å²) in [5.41, 5.74) is 1.13. The Morgan fingerprint density at radius 3 is 2.74 bits per heavy atom. The van der Waals surface area contributed by atoms with E-state index in [1.165, 1.54) is 0 Å². The van der Waals surface area contributed by atoms with Crippen molar-refractivity contribution in [2.24, 2.45) is 0 Å². The van der Waals surface area contributed by atoms with Crippen LogP contribution in [-0.2, 0) is 11.3 Å². The number of hydrogen-bond donors (Lipinski definition) is 1. The summed E-state index contributed by atoms with van der Waals surface area (Å²) in [4.78, 5) is 7.08. The van der Waals surface area contributed by atoms with Crippen molar-refractivity contribution in [3.8, 4) is 0 Å². The van der Waals surface area contributed by atoms with Gasteiger partial charge in [-0.15, -0.1) is 0 Å². The van der Waals surface area contributed by atoms with Crippen LogP contribution < -0.4 is 5.32 Å². The molecule has 2 heterocycles. The lowest BCUT2D eigenvalue weighted by molar-refractivity contribution is -0.0707. The molecule has 1 aromatic heterocycles. The van der Waals surface area contributed by atoms with E-state index in [9.17, 15) is 0 Å². The first-order valence-electron chi connectivity index (χ1n) is 7.25. The summed E-state index contributed by atoms with van der Waals surface area (Å²) < 4.78 is 5.76. The number of nitrogens with zero attached hydrogens (tertiary/aromatic N) is 2. The first-order valence-corrected chi connectivity index (χ1v) is 7.25. The number of hydrogen-bond acceptors (Lipinski definition) is 4. The lowest BCUT2D eigenvalue weighted by Gasteiger charge is -2.35. The van der Waals surface area contributed by atoms with E-state index < -0.39 is 0 Å². The summed E-state index contributed by atoms with van der Waals surface area (Å²) in [6.07, 6.45) is 1.74. The molecule has 2 unspecified atom stereocenters. The Balaban J connectivity index is 1.94. The highest BCUT2D eigenvalue weighted by atomic mass is 16.5. The molecule has 2 atom stereocenters. The average Bonchev–Trinajstić information content (AvgIpc) is 2.35. The molecule has 0 bridgehead atoms. The summed E-state index contributed by atoms with van der Waals surface area (Å²) in [5, 5.41) is 3.34. The number of anilines is 1. The van der Waals surface area contributed by atoms with E-state index in [1.807, 2.05) is 6.07 Å². The molecule has 0 aliphatic carbocycles. The third-order valence-electron chi connectivity index (χ3n) is 3.24. The number of nitrogens with one attached hydrogen (secondary N) is 1. The van der Waals surface area contributed by atoms with E-state index in [1.54, 1.807) is 0 Å². The normalized spacial score (nSPS) is 24.4. The number of ether oxygens (including phenoxy) is 1. The molecule has 1 aliphatic heterocycles. The van der Waals surface area contributed by atoms with Crippen molar-refractivity contribution in [1.82, 2.24) is 9.88 Å². The molecule has 0 spiro atoms. The molecule has 1 N–H and O–H groups in total. The van der Waals surface area contributed by atoms with Gasteiger partial charge in [0.05, 0.1) is 17.9 Å². The van der Waals surface area contributed by atoms with E-state index in [4.69, 9.17) is 4.74 Å². The topological polar surface area (TPSA) is 37.4 Å². The van der Waals surface area contributed by atoms with Gasteiger partial charge in [-0.25, -0.2) is 4.98 Å². The van der Waals surface area contributed by atoms with Crippen molar-refractivity contribution in [3.05, 3.63) is 23.9 Å². The Labute approximate surface area is 116 Å². The first kappa shape index (κ1) is 14.3. The Bertz CT molecular complexity index is 387. The molecule has 2 rings (SSSR count). The Morgan fingerprint density at radius 2 is 2.05 bits per heavy atom. The Kier molecular flexibility index (Phi) is 5.16. The van der Waals surface area contributed by atoms with Crippen molar-refractivity contribution in [1.29, 1.82) is 0 Å². The van der Waals surface area contributed by atoms with Crippen molar-refractivity contribution in [2.45, 2.75) is 45.9 Å². The van der Waals surface area contributed by atoms with Gasteiger partial charge in [0.1, 0.15) is 5.82 Å². The predicted molar refractivity (Wildman–Crippen MR) is 78.3 cm³/mol. The highest BCUT2D eigenvalue weighted by Gasteiger charge is 2.22. The minimum absolute atomic E-state index is 0.310. The minimum Gasteiger partial charge on any atom is -0.373 e. The van der Waals surface area contributed by atoms with Crippen molar-refractivity contribution < 1.29 is 4.74 Å². The maximum atomic E-state index is 5.76. The lowest BCUT2D eigenvalue weighted by Crippen LogP contribution is -2.44. The fourth-order valence-corrected chi connectivity index (χ4v) is 2.56. The van der Waals surface area contributed by atoms with Gasteiger partial charge in [-0.1, -0.05) is 13.0 Å². The third-order valence-corrected chi connectivity index (χ3v) is 3.24. The van der Waals surface area contributed by atoms with Crippen LogP contribution in [0.25, 0.3) is 0 Å². The van der Waals surface area contributed by atoms with Gasteiger partial charge in [-0.2, -0.15) is 0 Å². The molecule has 0 saturated carbocycles. The molecule has 0 aromatic carbocycles. The molecular weight excluding hydrogens is 238 g/mol. The summed E-state index contributed by atoms with van der Waals surface area (Å²) in [5.74, 6) is 0.980. The van der Waals surface area contributed by atoms with Gasteiger partial charge in [0.2, 0.25) is 0 Å². The van der Waals surface area contributed by atoms with Crippen LogP contribution in [0, 0.1) is 0 Å². The van der Waals surface area contributed by atoms with Gasteiger partial charge in [0.25, 0.3) is 0 Å². The molecule has 1 saturated heterocycles. The quantitative estimate of drug-likeness (QED) is 0.885. The van der Waals surface area contributed by atoms with Crippen LogP contribution in [0.3, 0.4) is 0 Å². The molecule has 4 nitrogen and oxygen atoms in total. The molecule has 0 amide bonds. The fraction of sp³-hybridized carbons (Fsp3) is 0.667. The first-order chi connectivity index (χ1) is 9.17. The molecule has 1 aromatic rings. The van der Waals surface area contributed by atoms with Gasteiger partial charge >= 0.3 is 0 Å². The van der Waals surface area contributed by atoms with E-state index in [2.05, 4.69) is 48.1 Å². The van der Waals surface area contributed by atoms with E-state index in [0.29, 0.717) is 12.2 Å². The van der Waals surface area contributed by atoms with Crippen LogP contribution in [-0.4, -0.2) is 41.7 Å². The van der Waals surface area contributed by atoms with Gasteiger partial charge in [0.15, 0.2) is 0 Å². The largest absolute Gasteiger partial charge is 0.373 e. The Morgan fingerprint density at radius 1 is 1.32 bits per heavy atom. The molecule has 1 fully saturated rings. The summed E-state index contributed by atoms with van der Waals surface area (Å²) in [7, 11) is 0. The maximum absolute atomic E-state index is 5.76. The zero-order valence-corrected chi connectivity index (χ0v) is 12.2. The van der Waals surface area contributed by atoms with Crippen LogP contribution in [0.4, 0.5) is 5.82 Å². The highest BCUT2D eigenvalue weighted by Crippen LogP contribution is 2.14. The average molecular weight is 263 g/mol. The van der Waals surface area contributed by atoms with Gasteiger partial charge in [0, 0.05) is 26.2 Å². The highest BCUT2D eigenvalue weighted by molar-refractivity contribution is 5.35. The van der Waals surface area contributed by atoms with Crippen molar-refractivity contribution in [3.63, 3.8) is 0 Å². The van der Waals surface area contributed by atoms with Crippen molar-refractivity contribution >= 4 is 5.82 Å². The molecule has 19 heavy (non-hydrogen) atoms. The standard InChI is InChI=1S/C15H25N3O/c1-4-8-16-15-7-5-6-14(17-15)11-18-9-12(2)19-13(3)10-18/h5-7,12-13H,4,8-11H2,1-3H3,(H,16,17). The van der Waals surface area contributed by atoms with Gasteiger partial charge in [-0.05, 0) is 32.4 Å². The second kappa shape index (κ2) is 6.87. The number of rotatable bonds is 5. The number of pyridine rings is 1. The zero-order chi connectivity index (χ0) is 13.7. The SMILES string of the molecule is CCCNc1cccc(CN2CC(C)OC(C)C2)n1. The lowest BCUT2D eigenvalue weighted by atomic mass is 10.2. The van der Waals surface area contributed by atoms with Gasteiger partial charge < -0.3 is 10.1 Å². The Hall–Kier alpha value is -1.13. The van der Waals surface area contributed by atoms with E-state index in [0.717, 1.165) is 44.1 Å². The molecule has 4 heteroatoms. The van der Waals surface area contributed by atoms with Crippen molar-refractivity contribution in [2.75, 3.05) is 25.0 Å². The monoisotopic (exact) mass is 263 g/mol. The number of aromatic nitrogens is 1. The third kappa shape index (κ3) is 4.48. The van der Waals surface area contributed by atoms with Crippen LogP contribution >= 0.6 is 0 Å². The predicted octanol–water partition coefficient (Wildman–Crippen LogP) is 2.51. The summed E-state index contributed by atoms with van der Waals surface area (Å²) >= 11 is 0. The second-order valence-corrected chi connectivity index (χ2v) is 5.39. The van der Waals surface area contributed by atoms with Crippen LogP contribution in [0.2, 0.25) is 0 Å². The second-order valence-electron chi connectivity index (χ2n) is 5.39. The van der Waals surface area contributed by atoms with Crippen LogP contribution in [0.1, 0.15) is 32.9 Å². The zero-order valence-electron chi connectivity index (χ0n) is 12.2. The molecule has 0 radical (unpaired) electrons. The van der Waals surface area contributed by atoms with Gasteiger partial charge in [-0.3, -0.25) is 4.90 Å².